The summed E-state index contributed by atoms with van der Waals surface area (Å²) in [4.78, 5) is 27.0. The summed E-state index contributed by atoms with van der Waals surface area (Å²) in [6.07, 6.45) is 2.08. The van der Waals surface area contributed by atoms with Gasteiger partial charge in [0, 0.05) is 11.1 Å². The van der Waals surface area contributed by atoms with Crippen LogP contribution in [0.25, 0.3) is 11.4 Å². The molecule has 3 aromatic carbocycles. The van der Waals surface area contributed by atoms with Gasteiger partial charge in [0.05, 0.1) is 12.0 Å². The molecule has 9 heteroatoms. The van der Waals surface area contributed by atoms with Crippen LogP contribution in [-0.4, -0.2) is 32.0 Å². The second-order valence-corrected chi connectivity index (χ2v) is 8.56. The monoisotopic (exact) mass is 470 g/mol. The molecule has 2 amide bonds. The third-order valence-electron chi connectivity index (χ3n) is 6.33. The minimum absolute atomic E-state index is 0.342. The largest absolute Gasteiger partial charge is 0.272 e. The summed E-state index contributed by atoms with van der Waals surface area (Å²) in [6.45, 7) is 0.397. The molecular weight excluding hydrogens is 447 g/mol. The van der Waals surface area contributed by atoms with E-state index < -0.39 is 11.3 Å². The molecule has 0 aliphatic heterocycles. The van der Waals surface area contributed by atoms with Gasteiger partial charge in [-0.1, -0.05) is 61.0 Å². The van der Waals surface area contributed by atoms with Gasteiger partial charge in [-0.15, -0.1) is 10.2 Å². The summed E-state index contributed by atoms with van der Waals surface area (Å²) in [5, 5.41) is 12.6. The van der Waals surface area contributed by atoms with Crippen LogP contribution in [0.15, 0.2) is 78.9 Å². The number of benzene rings is 3. The molecule has 5 rings (SSSR count). The molecule has 1 heterocycles. The molecule has 8 nitrogen and oxygen atoms in total. The average molecular weight is 471 g/mol. The van der Waals surface area contributed by atoms with Crippen LogP contribution >= 0.6 is 0 Å². The van der Waals surface area contributed by atoms with Crippen LogP contribution in [0.2, 0.25) is 0 Å². The van der Waals surface area contributed by atoms with E-state index in [1.54, 1.807) is 36.4 Å². The molecular formula is C26H23FN6O2. The Kier molecular flexibility index (Phi) is 6.05. The maximum Gasteiger partial charge on any atom is 0.269 e. The highest BCUT2D eigenvalue weighted by molar-refractivity contribution is 5.97. The van der Waals surface area contributed by atoms with E-state index in [0.29, 0.717) is 36.3 Å². The van der Waals surface area contributed by atoms with Crippen molar-refractivity contribution in [3.05, 3.63) is 101 Å². The maximum atomic E-state index is 13.7. The minimum atomic E-state index is -0.817. The smallest absolute Gasteiger partial charge is 0.269 e. The van der Waals surface area contributed by atoms with Gasteiger partial charge >= 0.3 is 0 Å². The highest BCUT2D eigenvalue weighted by Gasteiger charge is 2.46. The van der Waals surface area contributed by atoms with Gasteiger partial charge in [-0.2, -0.15) is 4.80 Å². The van der Waals surface area contributed by atoms with Gasteiger partial charge < -0.3 is 0 Å². The van der Waals surface area contributed by atoms with E-state index >= 15 is 0 Å². The van der Waals surface area contributed by atoms with Gasteiger partial charge in [-0.25, -0.2) is 4.39 Å². The van der Waals surface area contributed by atoms with Crippen LogP contribution in [0.5, 0.6) is 0 Å². The third kappa shape index (κ3) is 4.65. The number of hydrazine groups is 1. The van der Waals surface area contributed by atoms with Gasteiger partial charge in [0.25, 0.3) is 5.91 Å². The number of carbonyl (C=O) groups excluding carboxylic acids is 2. The van der Waals surface area contributed by atoms with E-state index in [4.69, 9.17) is 0 Å². The van der Waals surface area contributed by atoms with Crippen molar-refractivity contribution in [3.8, 4) is 11.4 Å². The average Bonchev–Trinajstić information content (AvgIpc) is 3.31. The Morgan fingerprint density at radius 3 is 2.40 bits per heavy atom. The van der Waals surface area contributed by atoms with Crippen molar-refractivity contribution in [2.24, 2.45) is 0 Å². The summed E-state index contributed by atoms with van der Waals surface area (Å²) < 4.78 is 13.7. The van der Waals surface area contributed by atoms with Crippen LogP contribution in [0.1, 0.15) is 40.7 Å². The van der Waals surface area contributed by atoms with Crippen molar-refractivity contribution < 1.29 is 14.0 Å². The van der Waals surface area contributed by atoms with E-state index in [2.05, 4.69) is 26.3 Å². The van der Waals surface area contributed by atoms with Gasteiger partial charge in [0.1, 0.15) is 5.82 Å². The first-order valence-electron chi connectivity index (χ1n) is 11.3. The molecule has 176 valence electrons. The van der Waals surface area contributed by atoms with Crippen molar-refractivity contribution in [3.63, 3.8) is 0 Å². The molecule has 1 saturated carbocycles. The SMILES string of the molecule is O=C(NNC(=O)C1(c2cccc(F)c2)CCC1)c1ccc(Cn2nnc(-c3ccccc3)n2)cc1. The zero-order valence-electron chi connectivity index (χ0n) is 18.8. The van der Waals surface area contributed by atoms with Gasteiger partial charge in [-0.3, -0.25) is 20.4 Å². The molecule has 35 heavy (non-hydrogen) atoms. The fourth-order valence-electron chi connectivity index (χ4n) is 4.21. The molecule has 1 fully saturated rings. The zero-order chi connectivity index (χ0) is 24.3. The van der Waals surface area contributed by atoms with Crippen molar-refractivity contribution >= 4 is 11.8 Å². The topological polar surface area (TPSA) is 102 Å². The van der Waals surface area contributed by atoms with Crippen LogP contribution in [-0.2, 0) is 16.8 Å². The molecule has 1 aliphatic rings. The molecule has 0 atom stereocenters. The van der Waals surface area contributed by atoms with Crippen LogP contribution in [0, 0.1) is 5.82 Å². The predicted octanol–water partition coefficient (Wildman–Crippen LogP) is 3.41. The number of carbonyl (C=O) groups is 2. The molecule has 0 unspecified atom stereocenters. The number of tetrazole rings is 1. The van der Waals surface area contributed by atoms with E-state index in [9.17, 15) is 14.0 Å². The summed E-state index contributed by atoms with van der Waals surface area (Å²) in [5.74, 6) is -0.627. The number of hydrogen-bond donors (Lipinski definition) is 2. The van der Waals surface area contributed by atoms with Gasteiger partial charge in [0.2, 0.25) is 11.7 Å². The lowest BCUT2D eigenvalue weighted by Gasteiger charge is -2.40. The summed E-state index contributed by atoms with van der Waals surface area (Å²) >= 11 is 0. The fraction of sp³-hybridized carbons (Fsp3) is 0.192. The minimum Gasteiger partial charge on any atom is -0.272 e. The lowest BCUT2D eigenvalue weighted by molar-refractivity contribution is -0.130. The zero-order valence-corrected chi connectivity index (χ0v) is 18.8. The lowest BCUT2D eigenvalue weighted by Crippen LogP contribution is -2.54. The molecule has 4 aromatic rings. The number of nitrogens with one attached hydrogen (secondary N) is 2. The molecule has 2 N–H and O–H groups in total. The molecule has 0 radical (unpaired) electrons. The molecule has 1 aliphatic carbocycles. The first-order valence-corrected chi connectivity index (χ1v) is 11.3. The molecule has 1 aromatic heterocycles. The fourth-order valence-corrected chi connectivity index (χ4v) is 4.21. The number of nitrogens with zero attached hydrogens (tertiary/aromatic N) is 4. The van der Waals surface area contributed by atoms with E-state index in [-0.39, 0.29) is 11.7 Å². The second kappa shape index (κ2) is 9.46. The number of hydrogen-bond acceptors (Lipinski definition) is 5. The Morgan fingerprint density at radius 1 is 0.943 bits per heavy atom. The summed E-state index contributed by atoms with van der Waals surface area (Å²) in [7, 11) is 0. The molecule has 0 spiro atoms. The standard InChI is InChI=1S/C26H23FN6O2/c27-22-9-4-8-21(16-22)26(14-5-15-26)25(35)30-29-24(34)20-12-10-18(11-13-20)17-33-31-23(28-32-33)19-6-2-1-3-7-19/h1-4,6-13,16H,5,14-15,17H2,(H,29,34)(H,30,35). The number of rotatable bonds is 6. The van der Waals surface area contributed by atoms with Crippen molar-refractivity contribution in [2.45, 2.75) is 31.2 Å². The Hall–Kier alpha value is -4.40. The Balaban J connectivity index is 1.19. The van der Waals surface area contributed by atoms with E-state index in [1.165, 1.54) is 16.9 Å². The predicted molar refractivity (Wildman–Crippen MR) is 126 cm³/mol. The highest BCUT2D eigenvalue weighted by Crippen LogP contribution is 2.44. The first kappa shape index (κ1) is 22.4. The quantitative estimate of drug-likeness (QED) is 0.421. The van der Waals surface area contributed by atoms with Gasteiger partial charge in [0.15, 0.2) is 0 Å². The normalized spacial score (nSPS) is 14.1. The second-order valence-electron chi connectivity index (χ2n) is 8.56. The Bertz CT molecular complexity index is 1350. The first-order chi connectivity index (χ1) is 17.0. The van der Waals surface area contributed by atoms with Crippen LogP contribution in [0.4, 0.5) is 4.39 Å². The van der Waals surface area contributed by atoms with E-state index in [0.717, 1.165) is 17.5 Å². The Morgan fingerprint density at radius 2 is 1.71 bits per heavy atom. The number of amides is 2. The summed E-state index contributed by atoms with van der Waals surface area (Å²) in [6, 6.07) is 22.6. The summed E-state index contributed by atoms with van der Waals surface area (Å²) in [5.41, 5.74) is 6.96. The Labute approximate surface area is 201 Å². The lowest BCUT2D eigenvalue weighted by atomic mass is 9.64. The van der Waals surface area contributed by atoms with Crippen LogP contribution in [0.3, 0.4) is 0 Å². The van der Waals surface area contributed by atoms with Crippen molar-refractivity contribution in [2.75, 3.05) is 0 Å². The van der Waals surface area contributed by atoms with Crippen molar-refractivity contribution in [1.82, 2.24) is 31.1 Å². The number of halogens is 1. The maximum absolute atomic E-state index is 13.7. The van der Waals surface area contributed by atoms with E-state index in [1.807, 2.05) is 30.3 Å². The van der Waals surface area contributed by atoms with Crippen molar-refractivity contribution in [1.29, 1.82) is 0 Å². The molecule has 0 saturated heterocycles. The highest BCUT2D eigenvalue weighted by atomic mass is 19.1. The van der Waals surface area contributed by atoms with Gasteiger partial charge in [-0.05, 0) is 53.4 Å². The number of aromatic nitrogens is 4. The molecule has 0 bridgehead atoms. The van der Waals surface area contributed by atoms with Crippen LogP contribution < -0.4 is 10.9 Å². The third-order valence-corrected chi connectivity index (χ3v) is 6.33.